The first kappa shape index (κ1) is 11.6. The molecule has 1 unspecified atom stereocenters. The van der Waals surface area contributed by atoms with E-state index in [0.717, 1.165) is 6.54 Å². The number of nitrogens with zero attached hydrogens (tertiary/aromatic N) is 1. The first-order valence-corrected chi connectivity index (χ1v) is 5.44. The first-order valence-electron chi connectivity index (χ1n) is 4.15. The molecule has 0 aromatic heterocycles. The zero-order valence-electron chi connectivity index (χ0n) is 8.29. The molecule has 0 heterocycles. The molecule has 0 aromatic carbocycles. The Morgan fingerprint density at radius 3 is 2.50 bits per heavy atom. The summed E-state index contributed by atoms with van der Waals surface area (Å²) in [5.74, 6) is 0.547. The maximum absolute atomic E-state index is 5.61. The SMILES string of the molecule is CSC(C)CN=C(N)NC(C)C. The summed E-state index contributed by atoms with van der Waals surface area (Å²) in [5.41, 5.74) is 5.61. The van der Waals surface area contributed by atoms with Gasteiger partial charge in [0.05, 0.1) is 6.54 Å². The predicted octanol–water partition coefficient (Wildman–Crippen LogP) is 1.05. The number of hydrogen-bond acceptors (Lipinski definition) is 2. The highest BCUT2D eigenvalue weighted by molar-refractivity contribution is 7.99. The standard InChI is InChI=1S/C8H19N3S/c1-6(2)11-8(9)10-5-7(3)12-4/h6-7H,5H2,1-4H3,(H3,9,10,11). The van der Waals surface area contributed by atoms with Crippen molar-refractivity contribution in [1.82, 2.24) is 5.32 Å². The molecule has 0 bridgehead atoms. The molecule has 0 aromatic rings. The van der Waals surface area contributed by atoms with Gasteiger partial charge in [-0.25, -0.2) is 0 Å². The van der Waals surface area contributed by atoms with Crippen LogP contribution in [0.4, 0.5) is 0 Å². The van der Waals surface area contributed by atoms with Crippen LogP contribution in [0.25, 0.3) is 0 Å². The molecule has 0 saturated heterocycles. The van der Waals surface area contributed by atoms with Crippen LogP contribution in [0.15, 0.2) is 4.99 Å². The van der Waals surface area contributed by atoms with Crippen molar-refractivity contribution in [3.63, 3.8) is 0 Å². The van der Waals surface area contributed by atoms with Gasteiger partial charge in [-0.05, 0) is 20.1 Å². The van der Waals surface area contributed by atoms with Crippen LogP contribution < -0.4 is 11.1 Å². The van der Waals surface area contributed by atoms with Gasteiger partial charge in [-0.3, -0.25) is 4.99 Å². The van der Waals surface area contributed by atoms with Gasteiger partial charge in [0.15, 0.2) is 5.96 Å². The van der Waals surface area contributed by atoms with Crippen LogP contribution in [0.5, 0.6) is 0 Å². The van der Waals surface area contributed by atoms with Crippen molar-refractivity contribution < 1.29 is 0 Å². The Hall–Kier alpha value is -0.380. The van der Waals surface area contributed by atoms with Crippen molar-refractivity contribution in [1.29, 1.82) is 0 Å². The lowest BCUT2D eigenvalue weighted by molar-refractivity contribution is 0.723. The molecule has 4 heteroatoms. The average Bonchev–Trinajstić information content (AvgIpc) is 1.99. The highest BCUT2D eigenvalue weighted by atomic mass is 32.2. The number of aliphatic imine (C=N–C) groups is 1. The molecule has 3 N–H and O–H groups in total. The Morgan fingerprint density at radius 2 is 2.08 bits per heavy atom. The minimum Gasteiger partial charge on any atom is -0.370 e. The highest BCUT2D eigenvalue weighted by Crippen LogP contribution is 2.03. The monoisotopic (exact) mass is 189 g/mol. The maximum atomic E-state index is 5.61. The molecule has 1 atom stereocenters. The van der Waals surface area contributed by atoms with Gasteiger partial charge in [-0.15, -0.1) is 0 Å². The van der Waals surface area contributed by atoms with E-state index in [1.807, 2.05) is 13.8 Å². The average molecular weight is 189 g/mol. The van der Waals surface area contributed by atoms with E-state index < -0.39 is 0 Å². The molecule has 0 aliphatic heterocycles. The second-order valence-electron chi connectivity index (χ2n) is 3.07. The van der Waals surface area contributed by atoms with Gasteiger partial charge in [0, 0.05) is 11.3 Å². The summed E-state index contributed by atoms with van der Waals surface area (Å²) in [6, 6.07) is 0.360. The summed E-state index contributed by atoms with van der Waals surface area (Å²) in [4.78, 5) is 4.20. The lowest BCUT2D eigenvalue weighted by Gasteiger charge is -2.09. The number of nitrogens with two attached hydrogens (primary N) is 1. The van der Waals surface area contributed by atoms with Gasteiger partial charge in [0.25, 0.3) is 0 Å². The summed E-state index contributed by atoms with van der Waals surface area (Å²) >= 11 is 1.80. The molecular weight excluding hydrogens is 170 g/mol. The topological polar surface area (TPSA) is 50.4 Å². The molecule has 12 heavy (non-hydrogen) atoms. The van der Waals surface area contributed by atoms with E-state index in [1.54, 1.807) is 11.8 Å². The Morgan fingerprint density at radius 1 is 1.50 bits per heavy atom. The van der Waals surface area contributed by atoms with Crippen LogP contribution in [0.2, 0.25) is 0 Å². The predicted molar refractivity (Wildman–Crippen MR) is 57.7 cm³/mol. The second-order valence-corrected chi connectivity index (χ2v) is 4.35. The van der Waals surface area contributed by atoms with E-state index in [1.165, 1.54) is 0 Å². The van der Waals surface area contributed by atoms with Crippen LogP contribution >= 0.6 is 11.8 Å². The Balaban J connectivity index is 3.68. The van der Waals surface area contributed by atoms with Crippen molar-refractivity contribution in [3.8, 4) is 0 Å². The molecule has 0 radical (unpaired) electrons. The second kappa shape index (κ2) is 6.17. The third-order valence-electron chi connectivity index (χ3n) is 1.36. The van der Waals surface area contributed by atoms with E-state index in [2.05, 4.69) is 23.5 Å². The van der Waals surface area contributed by atoms with Gasteiger partial charge >= 0.3 is 0 Å². The molecule has 0 fully saturated rings. The van der Waals surface area contributed by atoms with Crippen molar-refractivity contribution in [2.75, 3.05) is 12.8 Å². The first-order chi connectivity index (χ1) is 5.56. The summed E-state index contributed by atoms with van der Waals surface area (Å²) in [6.45, 7) is 7.00. The summed E-state index contributed by atoms with van der Waals surface area (Å²) in [7, 11) is 0. The lowest BCUT2D eigenvalue weighted by Crippen LogP contribution is -2.37. The number of hydrogen-bond donors (Lipinski definition) is 2. The quantitative estimate of drug-likeness (QED) is 0.513. The smallest absolute Gasteiger partial charge is 0.188 e. The van der Waals surface area contributed by atoms with E-state index >= 15 is 0 Å². The fourth-order valence-electron chi connectivity index (χ4n) is 0.643. The lowest BCUT2D eigenvalue weighted by atomic mass is 10.4. The van der Waals surface area contributed by atoms with Gasteiger partial charge in [-0.2, -0.15) is 11.8 Å². The number of rotatable bonds is 4. The maximum Gasteiger partial charge on any atom is 0.188 e. The zero-order chi connectivity index (χ0) is 9.56. The molecule has 3 nitrogen and oxygen atoms in total. The molecule has 72 valence electrons. The fraction of sp³-hybridized carbons (Fsp3) is 0.875. The number of nitrogens with one attached hydrogen (secondary N) is 1. The minimum absolute atomic E-state index is 0.360. The van der Waals surface area contributed by atoms with Crippen LogP contribution in [-0.2, 0) is 0 Å². The minimum atomic E-state index is 0.360. The molecule has 0 amide bonds. The highest BCUT2D eigenvalue weighted by Gasteiger charge is 1.98. The molecule has 0 spiro atoms. The van der Waals surface area contributed by atoms with Gasteiger partial charge in [0.1, 0.15) is 0 Å². The van der Waals surface area contributed by atoms with Crippen molar-refractivity contribution in [2.24, 2.45) is 10.7 Å². The Labute approximate surface area is 79.2 Å². The van der Waals surface area contributed by atoms with E-state index in [0.29, 0.717) is 17.3 Å². The summed E-state index contributed by atoms with van der Waals surface area (Å²) < 4.78 is 0. The number of thioether (sulfide) groups is 1. The normalized spacial score (nSPS) is 14.9. The van der Waals surface area contributed by atoms with Crippen LogP contribution in [0, 0.1) is 0 Å². The van der Waals surface area contributed by atoms with Crippen LogP contribution in [0.3, 0.4) is 0 Å². The van der Waals surface area contributed by atoms with Gasteiger partial charge in [-0.1, -0.05) is 6.92 Å². The third kappa shape index (κ3) is 6.34. The molecule has 0 aliphatic carbocycles. The van der Waals surface area contributed by atoms with Gasteiger partial charge in [0.2, 0.25) is 0 Å². The largest absolute Gasteiger partial charge is 0.370 e. The van der Waals surface area contributed by atoms with Crippen molar-refractivity contribution in [2.45, 2.75) is 32.1 Å². The van der Waals surface area contributed by atoms with Crippen molar-refractivity contribution >= 4 is 17.7 Å². The fourth-order valence-corrected chi connectivity index (χ4v) is 0.866. The Kier molecular flexibility index (Phi) is 5.98. The van der Waals surface area contributed by atoms with Crippen LogP contribution in [0.1, 0.15) is 20.8 Å². The Bertz CT molecular complexity index is 145. The zero-order valence-corrected chi connectivity index (χ0v) is 9.11. The molecule has 0 aliphatic rings. The van der Waals surface area contributed by atoms with Crippen molar-refractivity contribution in [3.05, 3.63) is 0 Å². The van der Waals surface area contributed by atoms with E-state index in [-0.39, 0.29) is 0 Å². The van der Waals surface area contributed by atoms with E-state index in [9.17, 15) is 0 Å². The van der Waals surface area contributed by atoms with Gasteiger partial charge < -0.3 is 11.1 Å². The van der Waals surface area contributed by atoms with E-state index in [4.69, 9.17) is 5.73 Å². The molecule has 0 saturated carbocycles. The molecule has 0 rings (SSSR count). The third-order valence-corrected chi connectivity index (χ3v) is 2.31. The number of guanidine groups is 1. The van der Waals surface area contributed by atoms with Crippen LogP contribution in [-0.4, -0.2) is 30.1 Å². The summed E-state index contributed by atoms with van der Waals surface area (Å²) in [5, 5.41) is 3.58. The summed E-state index contributed by atoms with van der Waals surface area (Å²) in [6.07, 6.45) is 2.08. The molecular formula is C8H19N3S.